The molecule has 1 aromatic rings. The molecule has 3 N–H and O–H groups in total. The van der Waals surface area contributed by atoms with Gasteiger partial charge in [-0.25, -0.2) is 0 Å². The first-order valence-electron chi connectivity index (χ1n) is 4.22. The third kappa shape index (κ3) is 1.42. The minimum atomic E-state index is -0.473. The summed E-state index contributed by atoms with van der Waals surface area (Å²) < 4.78 is 5.27. The predicted molar refractivity (Wildman–Crippen MR) is 45.3 cm³/mol. The Morgan fingerprint density at radius 2 is 2.23 bits per heavy atom. The molecule has 1 aliphatic heterocycles. The van der Waals surface area contributed by atoms with Crippen LogP contribution in [-0.2, 0) is 17.6 Å². The first-order valence-corrected chi connectivity index (χ1v) is 4.22. The number of nitrogens with two attached hydrogens (primary N) is 1. The number of H-pyrrole nitrogens is 1. The number of nitrogens with one attached hydrogen (secondary N) is 1. The molecular weight excluding hydrogens is 170 g/mol. The molecule has 0 saturated heterocycles. The number of aromatic nitrogens is 2. The second-order valence-corrected chi connectivity index (χ2v) is 3.01. The lowest BCUT2D eigenvalue weighted by Crippen LogP contribution is -2.14. The van der Waals surface area contributed by atoms with Gasteiger partial charge < -0.3 is 10.5 Å². The fourth-order valence-electron chi connectivity index (χ4n) is 1.53. The van der Waals surface area contributed by atoms with Crippen LogP contribution in [0.4, 0.5) is 0 Å². The summed E-state index contributed by atoms with van der Waals surface area (Å²) in [4.78, 5) is 10.9. The molecule has 1 amide bonds. The van der Waals surface area contributed by atoms with Gasteiger partial charge in [0.25, 0.3) is 5.91 Å². The molecule has 0 spiro atoms. The van der Waals surface area contributed by atoms with Crippen molar-refractivity contribution in [2.45, 2.75) is 12.8 Å². The van der Waals surface area contributed by atoms with Crippen LogP contribution in [-0.4, -0.2) is 29.3 Å². The van der Waals surface area contributed by atoms with E-state index in [9.17, 15) is 4.79 Å². The largest absolute Gasteiger partial charge is 0.381 e. The van der Waals surface area contributed by atoms with E-state index in [0.717, 1.165) is 17.7 Å². The molecule has 2 rings (SSSR count). The van der Waals surface area contributed by atoms with Crippen LogP contribution in [0, 0.1) is 0 Å². The maximum absolute atomic E-state index is 10.9. The summed E-state index contributed by atoms with van der Waals surface area (Å²) in [6.45, 7) is 1.31. The standard InChI is InChI=1S/C8H11N3O2/c9-8(12)7-5-1-3-13-4-2-6(5)10-11-7/h1-4H2,(H2,9,12)(H,10,11). The van der Waals surface area contributed by atoms with Crippen LogP contribution in [0.15, 0.2) is 0 Å². The van der Waals surface area contributed by atoms with Gasteiger partial charge in [-0.3, -0.25) is 9.89 Å². The van der Waals surface area contributed by atoms with Crippen LogP contribution in [0.2, 0.25) is 0 Å². The highest BCUT2D eigenvalue weighted by atomic mass is 16.5. The number of rotatable bonds is 1. The number of primary amides is 1. The molecule has 0 unspecified atom stereocenters. The molecule has 0 atom stereocenters. The van der Waals surface area contributed by atoms with Gasteiger partial charge in [-0.05, 0) is 6.42 Å². The number of fused-ring (bicyclic) bond motifs is 1. The van der Waals surface area contributed by atoms with Gasteiger partial charge in [0, 0.05) is 17.7 Å². The normalized spacial score (nSPS) is 16.3. The van der Waals surface area contributed by atoms with Gasteiger partial charge >= 0.3 is 0 Å². The molecule has 0 radical (unpaired) electrons. The van der Waals surface area contributed by atoms with Crippen molar-refractivity contribution < 1.29 is 9.53 Å². The average molecular weight is 181 g/mol. The summed E-state index contributed by atoms with van der Waals surface area (Å²) in [5, 5.41) is 6.70. The lowest BCUT2D eigenvalue weighted by atomic mass is 10.1. The summed E-state index contributed by atoms with van der Waals surface area (Å²) in [5.41, 5.74) is 7.43. The van der Waals surface area contributed by atoms with Crippen molar-refractivity contribution in [2.24, 2.45) is 5.73 Å². The Hall–Kier alpha value is -1.36. The summed E-state index contributed by atoms with van der Waals surface area (Å²) in [7, 11) is 0. The van der Waals surface area contributed by atoms with Crippen molar-refractivity contribution in [1.82, 2.24) is 10.2 Å². The van der Waals surface area contributed by atoms with Gasteiger partial charge in [0.15, 0.2) is 5.69 Å². The van der Waals surface area contributed by atoms with Crippen LogP contribution in [0.5, 0.6) is 0 Å². The second-order valence-electron chi connectivity index (χ2n) is 3.01. The van der Waals surface area contributed by atoms with Crippen LogP contribution < -0.4 is 5.73 Å². The van der Waals surface area contributed by atoms with E-state index in [1.54, 1.807) is 0 Å². The maximum atomic E-state index is 10.9. The van der Waals surface area contributed by atoms with Crippen molar-refractivity contribution in [3.05, 3.63) is 17.0 Å². The molecule has 13 heavy (non-hydrogen) atoms. The van der Waals surface area contributed by atoms with Crippen molar-refractivity contribution in [1.29, 1.82) is 0 Å². The Bertz CT molecular complexity index is 332. The van der Waals surface area contributed by atoms with Gasteiger partial charge in [-0.15, -0.1) is 0 Å². The van der Waals surface area contributed by atoms with E-state index in [-0.39, 0.29) is 0 Å². The van der Waals surface area contributed by atoms with Crippen LogP contribution in [0.25, 0.3) is 0 Å². The highest BCUT2D eigenvalue weighted by Gasteiger charge is 2.18. The van der Waals surface area contributed by atoms with E-state index in [1.807, 2.05) is 0 Å². The molecule has 0 aromatic carbocycles. The zero-order valence-electron chi connectivity index (χ0n) is 7.17. The number of carbonyl (C=O) groups is 1. The minimum Gasteiger partial charge on any atom is -0.381 e. The molecule has 2 heterocycles. The monoisotopic (exact) mass is 181 g/mol. The highest BCUT2D eigenvalue weighted by molar-refractivity contribution is 5.92. The maximum Gasteiger partial charge on any atom is 0.269 e. The summed E-state index contributed by atoms with van der Waals surface area (Å²) in [5.74, 6) is -0.473. The summed E-state index contributed by atoms with van der Waals surface area (Å²) >= 11 is 0. The number of nitrogens with zero attached hydrogens (tertiary/aromatic N) is 1. The third-order valence-corrected chi connectivity index (χ3v) is 2.18. The Labute approximate surface area is 75.3 Å². The van der Waals surface area contributed by atoms with Gasteiger partial charge in [-0.1, -0.05) is 0 Å². The van der Waals surface area contributed by atoms with Crippen molar-refractivity contribution in [3.63, 3.8) is 0 Å². The predicted octanol–water partition coefficient (Wildman–Crippen LogP) is -0.376. The lowest BCUT2D eigenvalue weighted by Gasteiger charge is -1.96. The molecule has 1 aromatic heterocycles. The second kappa shape index (κ2) is 3.18. The van der Waals surface area contributed by atoms with Crippen molar-refractivity contribution in [2.75, 3.05) is 13.2 Å². The Morgan fingerprint density at radius 1 is 1.46 bits per heavy atom. The van der Waals surface area contributed by atoms with Gasteiger partial charge in [-0.2, -0.15) is 5.10 Å². The minimum absolute atomic E-state index is 0.362. The third-order valence-electron chi connectivity index (χ3n) is 2.18. The molecule has 5 nitrogen and oxygen atoms in total. The number of hydrogen-bond acceptors (Lipinski definition) is 3. The number of amides is 1. The molecule has 1 aliphatic rings. The Balaban J connectivity index is 2.39. The van der Waals surface area contributed by atoms with Crippen LogP contribution >= 0.6 is 0 Å². The fourth-order valence-corrected chi connectivity index (χ4v) is 1.53. The van der Waals surface area contributed by atoms with Gasteiger partial charge in [0.05, 0.1) is 13.2 Å². The summed E-state index contributed by atoms with van der Waals surface area (Å²) in [6.07, 6.45) is 1.49. The van der Waals surface area contributed by atoms with Crippen molar-refractivity contribution >= 4 is 5.91 Å². The Morgan fingerprint density at radius 3 is 3.00 bits per heavy atom. The molecule has 5 heteroatoms. The molecule has 0 fully saturated rings. The fraction of sp³-hybridized carbons (Fsp3) is 0.500. The quantitative estimate of drug-likeness (QED) is 0.619. The number of aromatic amines is 1. The molecule has 0 saturated carbocycles. The van der Waals surface area contributed by atoms with E-state index in [2.05, 4.69) is 10.2 Å². The summed E-state index contributed by atoms with van der Waals surface area (Å²) in [6, 6.07) is 0. The van der Waals surface area contributed by atoms with E-state index < -0.39 is 5.91 Å². The van der Waals surface area contributed by atoms with Gasteiger partial charge in [0.2, 0.25) is 0 Å². The van der Waals surface area contributed by atoms with Crippen molar-refractivity contribution in [3.8, 4) is 0 Å². The molecule has 70 valence electrons. The average Bonchev–Trinajstić information content (AvgIpc) is 2.36. The molecule has 0 aliphatic carbocycles. The van der Waals surface area contributed by atoms with Crippen LogP contribution in [0.1, 0.15) is 21.7 Å². The van der Waals surface area contributed by atoms with E-state index >= 15 is 0 Å². The Kier molecular flexibility index (Phi) is 2.02. The number of carbonyl (C=O) groups excluding carboxylic acids is 1. The number of ether oxygens (including phenoxy) is 1. The lowest BCUT2D eigenvalue weighted by molar-refractivity contribution is 0.0994. The zero-order chi connectivity index (χ0) is 9.26. The SMILES string of the molecule is NC(=O)c1n[nH]c2c1CCOCC2. The first-order chi connectivity index (χ1) is 6.29. The van der Waals surface area contributed by atoms with Crippen LogP contribution in [0.3, 0.4) is 0 Å². The molecule has 0 bridgehead atoms. The first kappa shape index (κ1) is 8.25. The van der Waals surface area contributed by atoms with E-state index in [4.69, 9.17) is 10.5 Å². The molecular formula is C8H11N3O2. The smallest absolute Gasteiger partial charge is 0.269 e. The highest BCUT2D eigenvalue weighted by Crippen LogP contribution is 2.15. The van der Waals surface area contributed by atoms with Gasteiger partial charge in [0.1, 0.15) is 0 Å². The zero-order valence-corrected chi connectivity index (χ0v) is 7.17. The van der Waals surface area contributed by atoms with E-state index in [1.165, 1.54) is 0 Å². The number of hydrogen-bond donors (Lipinski definition) is 2. The topological polar surface area (TPSA) is 81.0 Å². The van der Waals surface area contributed by atoms with E-state index in [0.29, 0.717) is 25.3 Å².